The lowest BCUT2D eigenvalue weighted by molar-refractivity contribution is 0.0237. The number of ether oxygens (including phenoxy) is 2. The molecule has 0 aromatic carbocycles. The zero-order valence-electron chi connectivity index (χ0n) is 17.9. The Bertz CT molecular complexity index is 563. The van der Waals surface area contributed by atoms with Crippen molar-refractivity contribution < 1.29 is 19.1 Å². The van der Waals surface area contributed by atoms with Gasteiger partial charge in [0.15, 0.2) is 5.96 Å². The number of hydrogen-bond acceptors (Lipinski definition) is 5. The fourth-order valence-corrected chi connectivity index (χ4v) is 3.07. The third-order valence-corrected chi connectivity index (χ3v) is 4.57. The van der Waals surface area contributed by atoms with Crippen LogP contribution >= 0.6 is 0 Å². The van der Waals surface area contributed by atoms with Crippen LogP contribution in [-0.4, -0.2) is 97.4 Å². The summed E-state index contributed by atoms with van der Waals surface area (Å²) in [6.45, 7) is 11.6. The predicted octanol–water partition coefficient (Wildman–Crippen LogP) is 1.74. The smallest absolute Gasteiger partial charge is 0.410 e. The van der Waals surface area contributed by atoms with Gasteiger partial charge in [-0.25, -0.2) is 9.59 Å². The van der Waals surface area contributed by atoms with E-state index in [0.29, 0.717) is 45.9 Å². The van der Waals surface area contributed by atoms with E-state index in [0.717, 1.165) is 18.8 Å². The molecule has 160 valence electrons. The van der Waals surface area contributed by atoms with Crippen LogP contribution in [0.4, 0.5) is 9.59 Å². The Morgan fingerprint density at radius 2 is 1.75 bits per heavy atom. The molecule has 1 heterocycles. The number of carbonyl (C=O) groups excluding carboxylic acids is 2. The zero-order chi connectivity index (χ0) is 20.7. The molecule has 1 aliphatic heterocycles. The molecular weight excluding hydrogens is 362 g/mol. The fourth-order valence-electron chi connectivity index (χ4n) is 3.07. The van der Waals surface area contributed by atoms with E-state index in [4.69, 9.17) is 9.47 Å². The Morgan fingerprint density at radius 3 is 2.25 bits per heavy atom. The van der Waals surface area contributed by atoms with E-state index in [1.54, 1.807) is 11.9 Å². The maximum atomic E-state index is 12.4. The van der Waals surface area contributed by atoms with Crippen molar-refractivity contribution in [1.29, 1.82) is 0 Å². The monoisotopic (exact) mass is 397 g/mol. The van der Waals surface area contributed by atoms with E-state index >= 15 is 0 Å². The average Bonchev–Trinajstić information content (AvgIpc) is 3.45. The van der Waals surface area contributed by atoms with E-state index in [2.05, 4.69) is 15.2 Å². The largest absolute Gasteiger partial charge is 0.450 e. The molecule has 0 atom stereocenters. The van der Waals surface area contributed by atoms with Crippen LogP contribution < -0.4 is 5.32 Å². The topological polar surface area (TPSA) is 86.7 Å². The normalized spacial score (nSPS) is 18.0. The predicted molar refractivity (Wildman–Crippen MR) is 107 cm³/mol. The molecule has 9 nitrogen and oxygen atoms in total. The number of nitrogens with zero attached hydrogens (tertiary/aromatic N) is 4. The summed E-state index contributed by atoms with van der Waals surface area (Å²) in [4.78, 5) is 34.2. The molecule has 28 heavy (non-hydrogen) atoms. The summed E-state index contributed by atoms with van der Waals surface area (Å²) >= 11 is 0. The first-order chi connectivity index (χ1) is 13.2. The van der Waals surface area contributed by atoms with Crippen LogP contribution in [0, 0.1) is 0 Å². The summed E-state index contributed by atoms with van der Waals surface area (Å²) in [6, 6.07) is 0.284. The van der Waals surface area contributed by atoms with E-state index in [9.17, 15) is 9.59 Å². The summed E-state index contributed by atoms with van der Waals surface area (Å²) in [5.41, 5.74) is -0.494. The van der Waals surface area contributed by atoms with E-state index in [-0.39, 0.29) is 18.2 Å². The first-order valence-electron chi connectivity index (χ1n) is 10.1. The van der Waals surface area contributed by atoms with Crippen LogP contribution in [0.3, 0.4) is 0 Å². The minimum Gasteiger partial charge on any atom is -0.450 e. The van der Waals surface area contributed by atoms with Crippen LogP contribution in [0.25, 0.3) is 0 Å². The molecule has 2 amide bonds. The lowest BCUT2D eigenvalue weighted by atomic mass is 10.2. The summed E-state index contributed by atoms with van der Waals surface area (Å²) in [5, 5.41) is 3.33. The maximum Gasteiger partial charge on any atom is 0.410 e. The van der Waals surface area contributed by atoms with Gasteiger partial charge in [-0.1, -0.05) is 0 Å². The van der Waals surface area contributed by atoms with Crippen LogP contribution in [0.15, 0.2) is 4.99 Å². The first kappa shape index (κ1) is 22.1. The van der Waals surface area contributed by atoms with Gasteiger partial charge in [0.2, 0.25) is 0 Å². The molecule has 1 N–H and O–H groups in total. The Labute approximate surface area is 168 Å². The Morgan fingerprint density at radius 1 is 1.14 bits per heavy atom. The van der Waals surface area contributed by atoms with Gasteiger partial charge >= 0.3 is 12.2 Å². The quantitative estimate of drug-likeness (QED) is 0.562. The van der Waals surface area contributed by atoms with Gasteiger partial charge in [-0.15, -0.1) is 0 Å². The van der Waals surface area contributed by atoms with E-state index < -0.39 is 5.60 Å². The van der Waals surface area contributed by atoms with Gasteiger partial charge in [-0.3, -0.25) is 4.99 Å². The molecule has 0 unspecified atom stereocenters. The van der Waals surface area contributed by atoms with Crippen molar-refractivity contribution in [3.05, 3.63) is 0 Å². The molecule has 2 fully saturated rings. The summed E-state index contributed by atoms with van der Waals surface area (Å²) < 4.78 is 10.6. The Balaban J connectivity index is 1.79. The molecular formula is C19H35N5O4. The highest BCUT2D eigenvalue weighted by Gasteiger charge is 2.35. The van der Waals surface area contributed by atoms with Crippen molar-refractivity contribution >= 4 is 18.1 Å². The minimum absolute atomic E-state index is 0.255. The number of guanidine groups is 1. The fraction of sp³-hybridized carbons (Fsp3) is 0.842. The van der Waals surface area contributed by atoms with Gasteiger partial charge in [-0.05, 0) is 40.5 Å². The molecule has 1 aliphatic carbocycles. The van der Waals surface area contributed by atoms with E-state index in [1.165, 1.54) is 0 Å². The molecule has 9 heteroatoms. The van der Waals surface area contributed by atoms with Crippen molar-refractivity contribution in [1.82, 2.24) is 20.0 Å². The van der Waals surface area contributed by atoms with Crippen LogP contribution in [0.2, 0.25) is 0 Å². The molecule has 0 radical (unpaired) electrons. The third-order valence-electron chi connectivity index (χ3n) is 4.57. The molecule has 0 bridgehead atoms. The third kappa shape index (κ3) is 6.76. The van der Waals surface area contributed by atoms with Crippen molar-refractivity contribution in [2.24, 2.45) is 4.99 Å². The highest BCUT2D eigenvalue weighted by molar-refractivity contribution is 5.80. The number of amides is 2. The summed E-state index contributed by atoms with van der Waals surface area (Å²) in [5.74, 6) is 0.781. The molecule has 2 aliphatic rings. The van der Waals surface area contributed by atoms with Gasteiger partial charge in [0.05, 0.1) is 6.61 Å². The second kappa shape index (κ2) is 9.84. The average molecular weight is 398 g/mol. The van der Waals surface area contributed by atoms with Gasteiger partial charge in [0.1, 0.15) is 5.60 Å². The van der Waals surface area contributed by atoms with Crippen LogP contribution in [0.5, 0.6) is 0 Å². The number of carbonyl (C=O) groups is 2. The standard InChI is InChI=1S/C19H35N5O4/c1-6-27-17(25)23-13-11-22(12-14-23)16(20-5)21-9-10-24(15-7-8-15)18(26)28-19(2,3)4/h15H,6-14H2,1-5H3,(H,20,21). The van der Waals surface area contributed by atoms with Crippen molar-refractivity contribution in [2.75, 3.05) is 52.9 Å². The first-order valence-corrected chi connectivity index (χ1v) is 10.1. The number of piperazine rings is 1. The van der Waals surface area contributed by atoms with Gasteiger partial charge in [-0.2, -0.15) is 0 Å². The Hall–Kier alpha value is -2.19. The molecule has 0 aromatic rings. The minimum atomic E-state index is -0.494. The molecule has 1 saturated carbocycles. The molecule has 0 aromatic heterocycles. The second-order valence-electron chi connectivity index (χ2n) is 8.05. The van der Waals surface area contributed by atoms with Crippen molar-refractivity contribution in [3.63, 3.8) is 0 Å². The second-order valence-corrected chi connectivity index (χ2v) is 8.05. The molecule has 0 spiro atoms. The SMILES string of the molecule is CCOC(=O)N1CCN(C(=NC)NCCN(C(=O)OC(C)(C)C)C2CC2)CC1. The van der Waals surface area contributed by atoms with Gasteiger partial charge in [0.25, 0.3) is 0 Å². The van der Waals surface area contributed by atoms with Gasteiger partial charge < -0.3 is 29.5 Å². The van der Waals surface area contributed by atoms with Crippen molar-refractivity contribution in [3.8, 4) is 0 Å². The highest BCUT2D eigenvalue weighted by Crippen LogP contribution is 2.28. The van der Waals surface area contributed by atoms with Gasteiger partial charge in [0, 0.05) is 52.4 Å². The number of hydrogen-bond donors (Lipinski definition) is 1. The summed E-state index contributed by atoms with van der Waals surface area (Å²) in [6.07, 6.45) is 1.55. The zero-order valence-corrected chi connectivity index (χ0v) is 17.9. The lowest BCUT2D eigenvalue weighted by Gasteiger charge is -2.36. The van der Waals surface area contributed by atoms with Crippen LogP contribution in [-0.2, 0) is 9.47 Å². The van der Waals surface area contributed by atoms with E-state index in [1.807, 2.05) is 32.6 Å². The maximum absolute atomic E-state index is 12.4. The summed E-state index contributed by atoms with van der Waals surface area (Å²) in [7, 11) is 1.74. The number of nitrogens with one attached hydrogen (secondary N) is 1. The Kier molecular flexibility index (Phi) is 7.77. The van der Waals surface area contributed by atoms with Crippen molar-refractivity contribution in [2.45, 2.75) is 52.2 Å². The number of rotatable bonds is 5. The highest BCUT2D eigenvalue weighted by atomic mass is 16.6. The van der Waals surface area contributed by atoms with Crippen LogP contribution in [0.1, 0.15) is 40.5 Å². The molecule has 1 saturated heterocycles. The number of aliphatic imine (C=N–C) groups is 1. The lowest BCUT2D eigenvalue weighted by Crippen LogP contribution is -2.54. The molecule has 2 rings (SSSR count).